The monoisotopic (exact) mass is 384 g/mol. The number of aryl methyl sites for hydroxylation is 2. The Morgan fingerprint density at radius 3 is 2.46 bits per heavy atom. The van der Waals surface area contributed by atoms with Gasteiger partial charge in [-0.25, -0.2) is 4.68 Å². The van der Waals surface area contributed by atoms with Crippen LogP contribution < -0.4 is 5.32 Å². The molecule has 2 aromatic rings. The lowest BCUT2D eigenvalue weighted by molar-refractivity contribution is -0.137. The first kappa shape index (κ1) is 20.1. The molecule has 150 valence electrons. The van der Waals surface area contributed by atoms with E-state index in [-0.39, 0.29) is 24.7 Å². The zero-order valence-corrected chi connectivity index (χ0v) is 16.6. The highest BCUT2D eigenvalue weighted by Gasteiger charge is 2.17. The quantitative estimate of drug-likeness (QED) is 0.790. The molecule has 0 unspecified atom stereocenters. The maximum Gasteiger partial charge on any atom is 0.223 e. The van der Waals surface area contributed by atoms with Crippen molar-refractivity contribution in [3.63, 3.8) is 0 Å². The molecule has 1 fully saturated rings. The second kappa shape index (κ2) is 9.50. The molecule has 1 aliphatic heterocycles. The number of hydrogen-bond donors (Lipinski definition) is 1. The Morgan fingerprint density at radius 1 is 1.11 bits per heavy atom. The highest BCUT2D eigenvalue weighted by Crippen LogP contribution is 2.13. The van der Waals surface area contributed by atoms with Gasteiger partial charge >= 0.3 is 0 Å². The second-order valence-electron chi connectivity index (χ2n) is 7.10. The van der Waals surface area contributed by atoms with Gasteiger partial charge < -0.3 is 15.0 Å². The van der Waals surface area contributed by atoms with Crippen molar-refractivity contribution in [1.29, 1.82) is 0 Å². The van der Waals surface area contributed by atoms with Gasteiger partial charge in [0.05, 0.1) is 24.6 Å². The summed E-state index contributed by atoms with van der Waals surface area (Å²) in [6.07, 6.45) is 1.23. The molecule has 2 amide bonds. The largest absolute Gasteiger partial charge is 0.378 e. The van der Waals surface area contributed by atoms with E-state index in [0.29, 0.717) is 32.8 Å². The van der Waals surface area contributed by atoms with E-state index in [1.165, 1.54) is 0 Å². The van der Waals surface area contributed by atoms with Gasteiger partial charge in [0.25, 0.3) is 0 Å². The fraction of sp³-hybridized carbons (Fsp3) is 0.476. The first-order valence-electron chi connectivity index (χ1n) is 9.78. The average molecular weight is 384 g/mol. The summed E-state index contributed by atoms with van der Waals surface area (Å²) < 4.78 is 7.15. The molecule has 0 radical (unpaired) electrons. The number of morpholine rings is 1. The smallest absolute Gasteiger partial charge is 0.223 e. The van der Waals surface area contributed by atoms with Crippen LogP contribution in [-0.4, -0.2) is 59.3 Å². The van der Waals surface area contributed by atoms with Crippen molar-refractivity contribution in [3.05, 3.63) is 47.3 Å². The SMILES string of the molecule is Cc1cc(C)n(-c2ccc(CCNC(=O)CCC(=O)N3CCOCC3)cc2)n1. The standard InChI is InChI=1S/C21H28N4O3/c1-16-15-17(2)25(23-16)19-5-3-18(4-6-19)9-10-22-20(26)7-8-21(27)24-11-13-28-14-12-24/h3-6,15H,7-14H2,1-2H3,(H,22,26). The van der Waals surface area contributed by atoms with E-state index >= 15 is 0 Å². The summed E-state index contributed by atoms with van der Waals surface area (Å²) in [6.45, 7) is 6.97. The summed E-state index contributed by atoms with van der Waals surface area (Å²) in [5.74, 6) is -0.0564. The Morgan fingerprint density at radius 2 is 1.82 bits per heavy atom. The average Bonchev–Trinajstić information content (AvgIpc) is 3.05. The number of rotatable bonds is 7. The van der Waals surface area contributed by atoms with Crippen molar-refractivity contribution in [2.24, 2.45) is 0 Å². The summed E-state index contributed by atoms with van der Waals surface area (Å²) >= 11 is 0. The molecule has 1 aromatic carbocycles. The molecule has 28 heavy (non-hydrogen) atoms. The summed E-state index contributed by atoms with van der Waals surface area (Å²) in [7, 11) is 0. The molecule has 2 heterocycles. The fourth-order valence-electron chi connectivity index (χ4n) is 3.32. The number of nitrogens with zero attached hydrogens (tertiary/aromatic N) is 3. The molecule has 0 spiro atoms. The lowest BCUT2D eigenvalue weighted by Crippen LogP contribution is -2.41. The fourth-order valence-corrected chi connectivity index (χ4v) is 3.32. The van der Waals surface area contributed by atoms with E-state index in [1.54, 1.807) is 4.90 Å². The highest BCUT2D eigenvalue weighted by molar-refractivity contribution is 5.83. The molecular weight excluding hydrogens is 356 g/mol. The van der Waals surface area contributed by atoms with Gasteiger partial charge in [0.2, 0.25) is 11.8 Å². The van der Waals surface area contributed by atoms with Gasteiger partial charge in [-0.3, -0.25) is 9.59 Å². The predicted octanol–water partition coefficient (Wildman–Crippen LogP) is 1.79. The molecule has 1 aromatic heterocycles. The van der Waals surface area contributed by atoms with Gasteiger partial charge in [-0.05, 0) is 44.0 Å². The van der Waals surface area contributed by atoms with Crippen LogP contribution >= 0.6 is 0 Å². The molecule has 0 aliphatic carbocycles. The normalized spacial score (nSPS) is 14.1. The number of hydrogen-bond acceptors (Lipinski definition) is 4. The van der Waals surface area contributed by atoms with Crippen LogP contribution in [0, 0.1) is 13.8 Å². The third kappa shape index (κ3) is 5.42. The van der Waals surface area contributed by atoms with Crippen LogP contribution in [0.25, 0.3) is 5.69 Å². The molecule has 7 nitrogen and oxygen atoms in total. The van der Waals surface area contributed by atoms with E-state index in [2.05, 4.69) is 22.5 Å². The second-order valence-corrected chi connectivity index (χ2v) is 7.10. The van der Waals surface area contributed by atoms with E-state index in [1.807, 2.05) is 36.7 Å². The number of carbonyl (C=O) groups excluding carboxylic acids is 2. The number of ether oxygens (including phenoxy) is 1. The molecule has 0 atom stereocenters. The Bertz CT molecular complexity index is 808. The maximum absolute atomic E-state index is 12.1. The molecular formula is C21H28N4O3. The van der Waals surface area contributed by atoms with E-state index < -0.39 is 0 Å². The van der Waals surface area contributed by atoms with Crippen molar-refractivity contribution >= 4 is 11.8 Å². The van der Waals surface area contributed by atoms with Crippen LogP contribution in [0.1, 0.15) is 29.8 Å². The molecule has 0 bridgehead atoms. The van der Waals surface area contributed by atoms with Gasteiger partial charge in [-0.2, -0.15) is 5.10 Å². The van der Waals surface area contributed by atoms with Gasteiger partial charge in [-0.15, -0.1) is 0 Å². The Hall–Kier alpha value is -2.67. The lowest BCUT2D eigenvalue weighted by Gasteiger charge is -2.26. The number of aromatic nitrogens is 2. The molecule has 1 aliphatic rings. The minimum absolute atomic E-state index is 0.0261. The Balaban J connectivity index is 1.39. The lowest BCUT2D eigenvalue weighted by atomic mass is 10.1. The summed E-state index contributed by atoms with van der Waals surface area (Å²) in [6, 6.07) is 10.2. The highest BCUT2D eigenvalue weighted by atomic mass is 16.5. The van der Waals surface area contributed by atoms with Crippen LogP contribution in [-0.2, 0) is 20.7 Å². The molecule has 1 N–H and O–H groups in total. The van der Waals surface area contributed by atoms with Gasteiger partial charge in [0, 0.05) is 38.2 Å². The zero-order valence-electron chi connectivity index (χ0n) is 16.6. The summed E-state index contributed by atoms with van der Waals surface area (Å²) in [4.78, 5) is 25.8. The minimum Gasteiger partial charge on any atom is -0.378 e. The number of carbonyl (C=O) groups is 2. The van der Waals surface area contributed by atoms with Crippen molar-refractivity contribution in [2.75, 3.05) is 32.8 Å². The third-order valence-corrected chi connectivity index (χ3v) is 4.86. The minimum atomic E-state index is -0.0825. The summed E-state index contributed by atoms with van der Waals surface area (Å²) in [5.41, 5.74) is 4.27. The van der Waals surface area contributed by atoms with E-state index in [4.69, 9.17) is 4.74 Å². The Labute approximate surface area is 165 Å². The van der Waals surface area contributed by atoms with Crippen LogP contribution in [0.15, 0.2) is 30.3 Å². The Kier molecular flexibility index (Phi) is 6.81. The topological polar surface area (TPSA) is 76.5 Å². The molecule has 1 saturated heterocycles. The first-order chi connectivity index (χ1) is 13.5. The number of amides is 2. The molecule has 3 rings (SSSR count). The summed E-state index contributed by atoms with van der Waals surface area (Å²) in [5, 5.41) is 7.38. The van der Waals surface area contributed by atoms with Crippen LogP contribution in [0.5, 0.6) is 0 Å². The molecule has 7 heteroatoms. The predicted molar refractivity (Wildman–Crippen MR) is 106 cm³/mol. The van der Waals surface area contributed by atoms with Crippen LogP contribution in [0.2, 0.25) is 0 Å². The number of benzene rings is 1. The zero-order chi connectivity index (χ0) is 19.9. The number of nitrogens with one attached hydrogen (secondary N) is 1. The van der Waals surface area contributed by atoms with Crippen molar-refractivity contribution in [2.45, 2.75) is 33.1 Å². The van der Waals surface area contributed by atoms with Gasteiger partial charge in [-0.1, -0.05) is 12.1 Å². The van der Waals surface area contributed by atoms with Gasteiger partial charge in [0.1, 0.15) is 0 Å². The van der Waals surface area contributed by atoms with Crippen LogP contribution in [0.4, 0.5) is 0 Å². The van der Waals surface area contributed by atoms with E-state index in [9.17, 15) is 9.59 Å². The van der Waals surface area contributed by atoms with Crippen molar-refractivity contribution < 1.29 is 14.3 Å². The van der Waals surface area contributed by atoms with Crippen molar-refractivity contribution in [1.82, 2.24) is 20.0 Å². The first-order valence-corrected chi connectivity index (χ1v) is 9.78. The maximum atomic E-state index is 12.1. The van der Waals surface area contributed by atoms with Gasteiger partial charge in [0.15, 0.2) is 0 Å². The third-order valence-electron chi connectivity index (χ3n) is 4.86. The van der Waals surface area contributed by atoms with Crippen LogP contribution in [0.3, 0.4) is 0 Å². The van der Waals surface area contributed by atoms with E-state index in [0.717, 1.165) is 29.1 Å². The van der Waals surface area contributed by atoms with Crippen molar-refractivity contribution in [3.8, 4) is 5.69 Å². The molecule has 0 saturated carbocycles.